The fourth-order valence-corrected chi connectivity index (χ4v) is 1.75. The van der Waals surface area contributed by atoms with Gasteiger partial charge in [0.2, 0.25) is 0 Å². The minimum absolute atomic E-state index is 0. The molecule has 26 heavy (non-hydrogen) atoms. The second kappa shape index (κ2) is 14.0. The first kappa shape index (κ1) is 27.1. The van der Waals surface area contributed by atoms with Gasteiger partial charge >= 0.3 is 0 Å². The van der Waals surface area contributed by atoms with Crippen LogP contribution in [-0.4, -0.2) is 16.0 Å². The zero-order valence-corrected chi connectivity index (χ0v) is 17.7. The molecule has 2 rings (SSSR count). The quantitative estimate of drug-likeness (QED) is 0.370. The summed E-state index contributed by atoms with van der Waals surface area (Å²) in [5, 5.41) is -0.538. The average Bonchev–Trinajstić information content (AvgIpc) is 2.56. The van der Waals surface area contributed by atoms with Crippen LogP contribution in [0.4, 0.5) is 0 Å². The molecule has 2 aromatic rings. The first-order valence-corrected chi connectivity index (χ1v) is 8.39. The van der Waals surface area contributed by atoms with Crippen molar-refractivity contribution in [3.05, 3.63) is 70.7 Å². The van der Waals surface area contributed by atoms with E-state index in [-0.39, 0.29) is 17.9 Å². The Labute approximate surface area is 175 Å². The van der Waals surface area contributed by atoms with Crippen LogP contribution < -0.4 is 11.3 Å². The molecule has 3 N–H and O–H groups in total. The van der Waals surface area contributed by atoms with Crippen LogP contribution in [-0.2, 0) is 0 Å². The summed E-state index contributed by atoms with van der Waals surface area (Å²) in [4.78, 5) is 21.0. The molecule has 144 valence electrons. The molecule has 0 saturated heterocycles. The van der Waals surface area contributed by atoms with Crippen LogP contribution in [0, 0.1) is 0 Å². The average molecular weight is 440 g/mol. The molecule has 0 aliphatic carbocycles. The van der Waals surface area contributed by atoms with Gasteiger partial charge in [-0.15, -0.1) is 12.4 Å². The van der Waals surface area contributed by atoms with Gasteiger partial charge in [0.1, 0.15) is 0 Å². The van der Waals surface area contributed by atoms with Gasteiger partial charge in [-0.2, -0.15) is 0 Å². The Morgan fingerprint density at radius 3 is 1.58 bits per heavy atom. The summed E-state index contributed by atoms with van der Waals surface area (Å²) in [5.74, 6) is 5.06. The maximum atomic E-state index is 10.5. The minimum Gasteiger partial charge on any atom is -0.276 e. The molecule has 0 aliphatic rings. The predicted octanol–water partition coefficient (Wildman–Crippen LogP) is 5.45. The second-order valence-electron chi connectivity index (χ2n) is 5.79. The molecule has 0 radical (unpaired) electrons. The molecule has 2 aromatic carbocycles. The van der Waals surface area contributed by atoms with Crippen molar-refractivity contribution in [2.45, 2.75) is 26.3 Å². The molecule has 0 unspecified atom stereocenters. The largest absolute Gasteiger partial charge is 0.276 e. The molecular weight excluding hydrogens is 418 g/mol. The number of carbonyl (C=O) groups excluding carboxylic acids is 2. The lowest BCUT2D eigenvalue weighted by molar-refractivity contribution is 0.107. The van der Waals surface area contributed by atoms with E-state index in [2.05, 4.69) is 5.43 Å². The van der Waals surface area contributed by atoms with Gasteiger partial charge in [-0.3, -0.25) is 20.9 Å². The smallest absolute Gasteiger partial charge is 0.253 e. The fraction of sp³-hybridized carbons (Fsp3) is 0.222. The summed E-state index contributed by atoms with van der Waals surface area (Å²) in [6.07, 6.45) is 0. The highest BCUT2D eigenvalue weighted by atomic mass is 35.5. The van der Waals surface area contributed by atoms with Gasteiger partial charge in [0, 0.05) is 11.1 Å². The monoisotopic (exact) mass is 438 g/mol. The highest BCUT2D eigenvalue weighted by molar-refractivity contribution is 6.68. The topological polar surface area (TPSA) is 72.2 Å². The van der Waals surface area contributed by atoms with Crippen LogP contribution in [0.3, 0.4) is 0 Å². The van der Waals surface area contributed by atoms with Crippen LogP contribution >= 0.6 is 47.2 Å². The zero-order valence-electron chi connectivity index (χ0n) is 14.6. The Kier molecular flexibility index (Phi) is 14.6. The van der Waals surface area contributed by atoms with Gasteiger partial charge in [-0.25, -0.2) is 0 Å². The number of carbonyl (C=O) groups is 2. The number of hydrazine groups is 1. The van der Waals surface area contributed by atoms with Crippen molar-refractivity contribution in [1.82, 2.24) is 5.43 Å². The Bertz CT molecular complexity index is 674. The van der Waals surface area contributed by atoms with E-state index < -0.39 is 10.5 Å². The number of benzene rings is 2. The summed E-state index contributed by atoms with van der Waals surface area (Å²) < 4.78 is 0. The molecule has 0 aliphatic heterocycles. The third kappa shape index (κ3) is 13.1. The number of halogens is 4. The van der Waals surface area contributed by atoms with Crippen LogP contribution in [0.15, 0.2) is 54.6 Å². The molecular formula is C18H22Cl4N2O2. The maximum Gasteiger partial charge on any atom is 0.253 e. The van der Waals surface area contributed by atoms with E-state index in [9.17, 15) is 9.59 Å². The Morgan fingerprint density at radius 1 is 0.885 bits per heavy atom. The predicted molar refractivity (Wildman–Crippen MR) is 113 cm³/mol. The summed E-state index contributed by atoms with van der Waals surface area (Å²) in [7, 11) is 0. The Morgan fingerprint density at radius 2 is 1.31 bits per heavy atom. The van der Waals surface area contributed by atoms with Crippen molar-refractivity contribution in [3.8, 4) is 0 Å². The van der Waals surface area contributed by atoms with Crippen LogP contribution in [0.5, 0.6) is 0 Å². The standard InChI is InChI=1S/C7H4Cl2O.C7H5ClO.C4H12N2.ClH/c8-6-4-2-1-3-5(6)7(9)10;8-7(9)6-4-2-1-3-5-6;1-4(2,3)6-5;/h1-4H;1-5H;6H,5H2,1-3H3;1H. The number of hydrogen-bond acceptors (Lipinski definition) is 4. The Balaban J connectivity index is 0. The van der Waals surface area contributed by atoms with Crippen LogP contribution in [0.2, 0.25) is 5.02 Å². The van der Waals surface area contributed by atoms with Gasteiger partial charge in [0.05, 0.1) is 10.6 Å². The lowest BCUT2D eigenvalue weighted by Gasteiger charge is -2.14. The van der Waals surface area contributed by atoms with Gasteiger partial charge in [-0.1, -0.05) is 54.1 Å². The van der Waals surface area contributed by atoms with Crippen molar-refractivity contribution in [2.75, 3.05) is 0 Å². The van der Waals surface area contributed by atoms with Crippen LogP contribution in [0.1, 0.15) is 41.5 Å². The summed E-state index contributed by atoms with van der Waals surface area (Å²) in [6, 6.07) is 15.4. The highest BCUT2D eigenvalue weighted by Crippen LogP contribution is 2.16. The van der Waals surface area contributed by atoms with E-state index >= 15 is 0 Å². The summed E-state index contributed by atoms with van der Waals surface area (Å²) in [5.41, 5.74) is 3.57. The number of hydrogen-bond donors (Lipinski definition) is 2. The zero-order chi connectivity index (χ0) is 19.5. The molecule has 0 aromatic heterocycles. The maximum absolute atomic E-state index is 10.5. The molecule has 4 nitrogen and oxygen atoms in total. The lowest BCUT2D eigenvalue weighted by atomic mass is 10.1. The van der Waals surface area contributed by atoms with E-state index in [1.807, 2.05) is 26.8 Å². The van der Waals surface area contributed by atoms with Gasteiger partial charge in [0.15, 0.2) is 0 Å². The number of rotatable bonds is 2. The fourth-order valence-electron chi connectivity index (χ4n) is 1.19. The second-order valence-corrected chi connectivity index (χ2v) is 6.88. The highest BCUT2D eigenvalue weighted by Gasteiger charge is 2.04. The van der Waals surface area contributed by atoms with Crippen molar-refractivity contribution in [2.24, 2.45) is 5.84 Å². The first-order chi connectivity index (χ1) is 11.6. The molecule has 8 heteroatoms. The number of nitrogens with two attached hydrogens (primary N) is 1. The van der Waals surface area contributed by atoms with Crippen molar-refractivity contribution >= 4 is 57.7 Å². The lowest BCUT2D eigenvalue weighted by Crippen LogP contribution is -2.41. The molecule has 0 heterocycles. The van der Waals surface area contributed by atoms with Crippen LogP contribution in [0.25, 0.3) is 0 Å². The molecule has 0 spiro atoms. The molecule has 0 amide bonds. The van der Waals surface area contributed by atoms with Gasteiger partial charge in [-0.05, 0) is 56.1 Å². The van der Waals surface area contributed by atoms with E-state index in [1.165, 1.54) is 0 Å². The molecule has 0 bridgehead atoms. The normalized spacial score (nSPS) is 9.50. The van der Waals surface area contributed by atoms with Crippen molar-refractivity contribution < 1.29 is 9.59 Å². The van der Waals surface area contributed by atoms with Crippen molar-refractivity contribution in [1.29, 1.82) is 0 Å². The van der Waals surface area contributed by atoms with Gasteiger partial charge < -0.3 is 0 Å². The minimum atomic E-state index is -0.523. The third-order valence-corrected chi connectivity index (χ3v) is 3.27. The van der Waals surface area contributed by atoms with Crippen molar-refractivity contribution in [3.63, 3.8) is 0 Å². The van der Waals surface area contributed by atoms with E-state index in [4.69, 9.17) is 40.6 Å². The van der Waals surface area contributed by atoms with E-state index in [0.717, 1.165) is 0 Å². The molecule has 0 atom stereocenters. The van der Waals surface area contributed by atoms with E-state index in [0.29, 0.717) is 16.1 Å². The first-order valence-electron chi connectivity index (χ1n) is 7.25. The molecule has 0 saturated carbocycles. The molecule has 0 fully saturated rings. The number of nitrogens with one attached hydrogen (secondary N) is 1. The van der Waals surface area contributed by atoms with E-state index in [1.54, 1.807) is 48.5 Å². The SMILES string of the molecule is CC(C)(C)NN.Cl.O=C(Cl)c1ccccc1.O=C(Cl)c1ccccc1Cl. The third-order valence-electron chi connectivity index (χ3n) is 2.52. The summed E-state index contributed by atoms with van der Waals surface area (Å²) in [6.45, 7) is 6.02. The summed E-state index contributed by atoms with van der Waals surface area (Å²) >= 11 is 16.0. The Hall–Kier alpha value is -1.14. The van der Waals surface area contributed by atoms with Gasteiger partial charge in [0.25, 0.3) is 10.5 Å².